The predicted octanol–water partition coefficient (Wildman–Crippen LogP) is 1.60. The molecule has 0 unspecified atom stereocenters. The number of carbonyl (C=O) groups excluding carboxylic acids is 1. The summed E-state index contributed by atoms with van der Waals surface area (Å²) in [7, 11) is 2.00. The predicted molar refractivity (Wildman–Crippen MR) is 71.4 cm³/mol. The average molecular weight is 256 g/mol. The number of halogens is 1. The summed E-state index contributed by atoms with van der Waals surface area (Å²) in [4.78, 5) is 13.9. The minimum atomic E-state index is -0.186. The van der Waals surface area contributed by atoms with Gasteiger partial charge < -0.3 is 16.0 Å². The number of anilines is 1. The van der Waals surface area contributed by atoms with Gasteiger partial charge in [-0.2, -0.15) is 0 Å². The van der Waals surface area contributed by atoms with E-state index >= 15 is 0 Å². The van der Waals surface area contributed by atoms with Crippen LogP contribution in [0.2, 0.25) is 5.02 Å². The van der Waals surface area contributed by atoms with Crippen LogP contribution >= 0.6 is 11.6 Å². The van der Waals surface area contributed by atoms with Crippen molar-refractivity contribution in [2.45, 2.75) is 6.92 Å². The van der Waals surface area contributed by atoms with E-state index in [0.717, 1.165) is 13.1 Å². The summed E-state index contributed by atoms with van der Waals surface area (Å²) < 4.78 is 0. The van der Waals surface area contributed by atoms with E-state index in [0.29, 0.717) is 22.8 Å². The molecule has 1 rings (SSSR count). The van der Waals surface area contributed by atoms with Gasteiger partial charge in [-0.1, -0.05) is 24.6 Å². The van der Waals surface area contributed by atoms with E-state index in [4.69, 9.17) is 17.3 Å². The fourth-order valence-corrected chi connectivity index (χ4v) is 1.52. The standard InChI is InChI=1S/C12H18ClN3O/c1-3-16(2)8-7-15-12(17)9-5-4-6-10(13)11(9)14/h4-6H,3,7-8,14H2,1-2H3,(H,15,17). The van der Waals surface area contributed by atoms with Crippen LogP contribution in [0.15, 0.2) is 18.2 Å². The van der Waals surface area contributed by atoms with Crippen LogP contribution in [0.3, 0.4) is 0 Å². The molecule has 0 aliphatic heterocycles. The lowest BCUT2D eigenvalue weighted by molar-refractivity contribution is 0.0951. The molecule has 0 aliphatic rings. The first-order valence-corrected chi connectivity index (χ1v) is 5.94. The van der Waals surface area contributed by atoms with Gasteiger partial charge >= 0.3 is 0 Å². The molecule has 3 N–H and O–H groups in total. The fourth-order valence-electron chi connectivity index (χ4n) is 1.35. The highest BCUT2D eigenvalue weighted by Gasteiger charge is 2.10. The number of rotatable bonds is 5. The Balaban J connectivity index is 2.56. The second-order valence-corrected chi connectivity index (χ2v) is 4.26. The zero-order valence-electron chi connectivity index (χ0n) is 10.2. The van der Waals surface area contributed by atoms with Crippen molar-refractivity contribution in [3.8, 4) is 0 Å². The molecule has 0 saturated carbocycles. The van der Waals surface area contributed by atoms with Crippen LogP contribution in [0, 0.1) is 0 Å². The van der Waals surface area contributed by atoms with E-state index in [1.54, 1.807) is 18.2 Å². The number of nitrogens with one attached hydrogen (secondary N) is 1. The van der Waals surface area contributed by atoms with Crippen molar-refractivity contribution in [1.82, 2.24) is 10.2 Å². The van der Waals surface area contributed by atoms with Crippen LogP contribution in [0.4, 0.5) is 5.69 Å². The average Bonchev–Trinajstić information content (AvgIpc) is 2.32. The van der Waals surface area contributed by atoms with Crippen LogP contribution in [0.5, 0.6) is 0 Å². The summed E-state index contributed by atoms with van der Waals surface area (Å²) >= 11 is 5.85. The van der Waals surface area contributed by atoms with Gasteiger partial charge in [0.05, 0.1) is 16.3 Å². The Morgan fingerprint density at radius 1 is 1.53 bits per heavy atom. The quantitative estimate of drug-likeness (QED) is 0.786. The molecular formula is C12H18ClN3O. The van der Waals surface area contributed by atoms with Gasteiger partial charge in [0.2, 0.25) is 0 Å². The number of para-hydroxylation sites is 1. The molecular weight excluding hydrogens is 238 g/mol. The molecule has 0 saturated heterocycles. The zero-order valence-corrected chi connectivity index (χ0v) is 10.9. The Labute approximate surface area is 107 Å². The number of benzene rings is 1. The van der Waals surface area contributed by atoms with Crippen molar-refractivity contribution in [3.63, 3.8) is 0 Å². The van der Waals surface area contributed by atoms with Gasteiger partial charge in [0.15, 0.2) is 0 Å². The van der Waals surface area contributed by atoms with Crippen molar-refractivity contribution in [1.29, 1.82) is 0 Å². The molecule has 94 valence electrons. The Kier molecular flexibility index (Phi) is 5.25. The molecule has 0 aromatic heterocycles. The zero-order chi connectivity index (χ0) is 12.8. The summed E-state index contributed by atoms with van der Waals surface area (Å²) in [5.74, 6) is -0.186. The molecule has 0 atom stereocenters. The van der Waals surface area contributed by atoms with Crippen molar-refractivity contribution < 1.29 is 4.79 Å². The van der Waals surface area contributed by atoms with E-state index in [1.165, 1.54) is 0 Å². The Morgan fingerprint density at radius 3 is 2.88 bits per heavy atom. The number of hydrogen-bond acceptors (Lipinski definition) is 3. The Morgan fingerprint density at radius 2 is 2.24 bits per heavy atom. The van der Waals surface area contributed by atoms with Crippen molar-refractivity contribution >= 4 is 23.2 Å². The second kappa shape index (κ2) is 6.47. The number of hydrogen-bond donors (Lipinski definition) is 2. The molecule has 0 heterocycles. The van der Waals surface area contributed by atoms with Crippen molar-refractivity contribution in [2.24, 2.45) is 0 Å². The maximum absolute atomic E-state index is 11.8. The Hall–Kier alpha value is -1.26. The largest absolute Gasteiger partial charge is 0.397 e. The number of nitrogen functional groups attached to an aromatic ring is 1. The highest BCUT2D eigenvalue weighted by Crippen LogP contribution is 2.21. The third-order valence-corrected chi connectivity index (χ3v) is 2.95. The highest BCUT2D eigenvalue weighted by atomic mass is 35.5. The topological polar surface area (TPSA) is 58.4 Å². The van der Waals surface area contributed by atoms with E-state index in [-0.39, 0.29) is 5.91 Å². The molecule has 1 aromatic carbocycles. The number of nitrogens with zero attached hydrogens (tertiary/aromatic N) is 1. The van der Waals surface area contributed by atoms with Crippen LogP contribution in [0.25, 0.3) is 0 Å². The molecule has 5 heteroatoms. The first kappa shape index (κ1) is 13.8. The minimum absolute atomic E-state index is 0.186. The first-order valence-electron chi connectivity index (χ1n) is 5.57. The van der Waals surface area contributed by atoms with Gasteiger partial charge in [-0.05, 0) is 25.7 Å². The normalized spacial score (nSPS) is 10.6. The van der Waals surface area contributed by atoms with E-state index in [1.807, 2.05) is 7.05 Å². The maximum atomic E-state index is 11.8. The third kappa shape index (κ3) is 3.91. The lowest BCUT2D eigenvalue weighted by atomic mass is 10.1. The molecule has 1 aromatic rings. The Bertz CT molecular complexity index is 395. The lowest BCUT2D eigenvalue weighted by Gasteiger charge is -2.14. The number of likely N-dealkylation sites (N-methyl/N-ethyl adjacent to an activating group) is 1. The molecule has 0 fully saturated rings. The number of carbonyl (C=O) groups is 1. The molecule has 0 bridgehead atoms. The van der Waals surface area contributed by atoms with E-state index in [2.05, 4.69) is 17.1 Å². The second-order valence-electron chi connectivity index (χ2n) is 3.85. The van der Waals surface area contributed by atoms with Gasteiger partial charge in [0, 0.05) is 13.1 Å². The van der Waals surface area contributed by atoms with Crippen LogP contribution in [-0.4, -0.2) is 37.5 Å². The number of amides is 1. The molecule has 17 heavy (non-hydrogen) atoms. The number of nitrogens with two attached hydrogens (primary N) is 1. The molecule has 0 radical (unpaired) electrons. The fraction of sp³-hybridized carbons (Fsp3) is 0.417. The molecule has 4 nitrogen and oxygen atoms in total. The summed E-state index contributed by atoms with van der Waals surface area (Å²) in [6.07, 6.45) is 0. The summed E-state index contributed by atoms with van der Waals surface area (Å²) in [6, 6.07) is 5.05. The molecule has 1 amide bonds. The minimum Gasteiger partial charge on any atom is -0.397 e. The highest BCUT2D eigenvalue weighted by molar-refractivity contribution is 6.33. The monoisotopic (exact) mass is 255 g/mol. The molecule has 0 spiro atoms. The summed E-state index contributed by atoms with van der Waals surface area (Å²) in [5.41, 5.74) is 6.49. The van der Waals surface area contributed by atoms with Crippen LogP contribution < -0.4 is 11.1 Å². The first-order chi connectivity index (χ1) is 8.06. The van der Waals surface area contributed by atoms with E-state index < -0.39 is 0 Å². The third-order valence-electron chi connectivity index (χ3n) is 2.62. The van der Waals surface area contributed by atoms with Crippen LogP contribution in [0.1, 0.15) is 17.3 Å². The van der Waals surface area contributed by atoms with Crippen molar-refractivity contribution in [2.75, 3.05) is 32.4 Å². The van der Waals surface area contributed by atoms with E-state index in [9.17, 15) is 4.79 Å². The van der Waals surface area contributed by atoms with Gasteiger partial charge in [0.1, 0.15) is 0 Å². The lowest BCUT2D eigenvalue weighted by Crippen LogP contribution is -2.33. The van der Waals surface area contributed by atoms with Gasteiger partial charge in [-0.15, -0.1) is 0 Å². The SMILES string of the molecule is CCN(C)CCNC(=O)c1cccc(Cl)c1N. The van der Waals surface area contributed by atoms with Gasteiger partial charge in [0.25, 0.3) is 5.91 Å². The van der Waals surface area contributed by atoms with Crippen molar-refractivity contribution in [3.05, 3.63) is 28.8 Å². The molecule has 0 aliphatic carbocycles. The summed E-state index contributed by atoms with van der Waals surface area (Å²) in [5, 5.41) is 3.22. The van der Waals surface area contributed by atoms with Gasteiger partial charge in [-0.3, -0.25) is 4.79 Å². The maximum Gasteiger partial charge on any atom is 0.253 e. The van der Waals surface area contributed by atoms with Crippen LogP contribution in [-0.2, 0) is 0 Å². The van der Waals surface area contributed by atoms with Gasteiger partial charge in [-0.25, -0.2) is 0 Å². The summed E-state index contributed by atoms with van der Waals surface area (Å²) in [6.45, 7) is 4.42. The smallest absolute Gasteiger partial charge is 0.253 e.